The van der Waals surface area contributed by atoms with Crippen LogP contribution in [0.2, 0.25) is 0 Å². The van der Waals surface area contributed by atoms with Gasteiger partial charge in [-0.15, -0.1) is 0 Å². The molecule has 8 heteroatoms. The van der Waals surface area contributed by atoms with Crippen LogP contribution in [0.3, 0.4) is 0 Å². The van der Waals surface area contributed by atoms with Crippen LogP contribution in [0.1, 0.15) is 81.5 Å². The van der Waals surface area contributed by atoms with Crippen LogP contribution in [0.5, 0.6) is 11.5 Å². The van der Waals surface area contributed by atoms with Gasteiger partial charge in [0.1, 0.15) is 11.5 Å². The summed E-state index contributed by atoms with van der Waals surface area (Å²) in [5.74, 6) is 1.33. The van der Waals surface area contributed by atoms with Crippen LogP contribution in [0, 0.1) is 34.8 Å². The molecular weight excluding hydrogens is 1170 g/mol. The molecule has 0 amide bonds. The van der Waals surface area contributed by atoms with Crippen LogP contribution in [-0.2, 0) is 17.3 Å². The van der Waals surface area contributed by atoms with Gasteiger partial charge in [0.25, 0.3) is 6.71 Å². The van der Waals surface area contributed by atoms with Gasteiger partial charge in [-0.3, -0.25) is 0 Å². The lowest BCUT2D eigenvalue weighted by atomic mass is 9.34. The van der Waals surface area contributed by atoms with Crippen molar-refractivity contribution in [1.29, 1.82) is 10.5 Å². The van der Waals surface area contributed by atoms with Gasteiger partial charge in [-0.25, -0.2) is 0 Å². The molecule has 1 aliphatic carbocycles. The number of nitrogens with zero attached hydrogens (tertiary/aromatic N) is 6. The fraction of sp³-hybridized carbons (Fsp3) is 0.114. The van der Waals surface area contributed by atoms with E-state index < -0.39 is 0 Å². The molecule has 12 aromatic carbocycles. The minimum atomic E-state index is -0.386. The maximum absolute atomic E-state index is 10.9. The summed E-state index contributed by atoms with van der Waals surface area (Å²) in [6, 6.07) is 97.7. The number of fused-ring (bicyclic) bond motifs is 13. The van der Waals surface area contributed by atoms with Crippen molar-refractivity contribution in [3.8, 4) is 74.1 Å². The van der Waals surface area contributed by atoms with Crippen LogP contribution in [0.15, 0.2) is 243 Å². The number of benzene rings is 11. The standard InChI is InChI=1S/C88H63BN6O/c1-87(2,3)59-35-42-80-69(49-59)70-50-60(88(4,5)6)36-43-81(70)92(80)61-37-39-71-82(51-61)95(73-27-15-10-22-62(73)56-20-8-7-9-21-56)83-46-58(68-45-55(53-91)33-41-79(68)94-76-30-18-13-25-65(76)66-26-14-19-31-77(66)94)48-85-86(83)89(71)72-38-34-57(47-84(72)96-85)67-44-54(52-90)32-40-78(67)93-74-28-16-11-23-63(74)64-24-12-17-29-75(64)93/h7-16,18-28,30-33,35-37,39-51H,17,29H2,1-6H3. The Bertz CT molecular complexity index is 5820. The first-order valence-electron chi connectivity index (χ1n) is 33.2. The van der Waals surface area contributed by atoms with E-state index in [2.05, 4.69) is 309 Å². The Kier molecular flexibility index (Phi) is 12.6. The van der Waals surface area contributed by atoms with E-state index in [1.165, 1.54) is 38.5 Å². The van der Waals surface area contributed by atoms with Crippen molar-refractivity contribution in [3.05, 3.63) is 288 Å². The molecule has 5 heterocycles. The van der Waals surface area contributed by atoms with E-state index >= 15 is 0 Å². The van der Waals surface area contributed by atoms with Gasteiger partial charge in [-0.1, -0.05) is 187 Å². The number of anilines is 3. The third-order valence-electron chi connectivity index (χ3n) is 20.3. The van der Waals surface area contributed by atoms with E-state index in [9.17, 15) is 10.5 Å². The Morgan fingerprint density at radius 1 is 0.438 bits per heavy atom. The Labute approximate surface area is 558 Å². The molecule has 2 aliphatic heterocycles. The fourth-order valence-electron chi connectivity index (χ4n) is 15.7. The van der Waals surface area contributed by atoms with Crippen LogP contribution in [0.25, 0.3) is 111 Å². The topological polar surface area (TPSA) is 74.8 Å². The lowest BCUT2D eigenvalue weighted by Gasteiger charge is -2.41. The molecule has 3 aliphatic rings. The zero-order chi connectivity index (χ0) is 64.9. The number of hydrogen-bond donors (Lipinski definition) is 0. The lowest BCUT2D eigenvalue weighted by molar-refractivity contribution is 0.488. The molecule has 0 atom stereocenters. The van der Waals surface area contributed by atoms with Crippen molar-refractivity contribution in [1.82, 2.24) is 13.7 Å². The quantitative estimate of drug-likeness (QED) is 0.149. The molecule has 0 saturated carbocycles. The van der Waals surface area contributed by atoms with E-state index in [0.29, 0.717) is 22.6 Å². The molecule has 0 fully saturated rings. The molecule has 0 bridgehead atoms. The molecular formula is C88H63BN6O. The zero-order valence-corrected chi connectivity index (χ0v) is 54.3. The van der Waals surface area contributed by atoms with Gasteiger partial charge in [0.2, 0.25) is 0 Å². The van der Waals surface area contributed by atoms with E-state index in [0.717, 1.165) is 135 Å². The van der Waals surface area contributed by atoms with E-state index in [1.54, 1.807) is 0 Å². The van der Waals surface area contributed by atoms with Crippen molar-refractivity contribution in [3.63, 3.8) is 0 Å². The first-order valence-corrected chi connectivity index (χ1v) is 33.2. The summed E-state index contributed by atoms with van der Waals surface area (Å²) in [6.07, 6.45) is 6.34. The normalized spacial score (nSPS) is 13.1. The van der Waals surface area contributed by atoms with Crippen molar-refractivity contribution in [2.45, 2.75) is 65.2 Å². The zero-order valence-electron chi connectivity index (χ0n) is 54.3. The lowest BCUT2D eigenvalue weighted by Crippen LogP contribution is -2.59. The molecule has 15 aromatic rings. The number of aromatic nitrogens is 3. The highest BCUT2D eigenvalue weighted by molar-refractivity contribution is 6.99. The smallest absolute Gasteiger partial charge is 0.266 e. The summed E-state index contributed by atoms with van der Waals surface area (Å²) in [6.45, 7) is 13.4. The monoisotopic (exact) mass is 1230 g/mol. The fourth-order valence-corrected chi connectivity index (χ4v) is 15.7. The Morgan fingerprint density at radius 3 is 1.70 bits per heavy atom. The van der Waals surface area contributed by atoms with Gasteiger partial charge in [0, 0.05) is 83.0 Å². The summed E-state index contributed by atoms with van der Waals surface area (Å²) < 4.78 is 14.8. The van der Waals surface area contributed by atoms with E-state index in [1.807, 2.05) is 24.3 Å². The third kappa shape index (κ3) is 8.67. The molecule has 0 unspecified atom stereocenters. The molecule has 454 valence electrons. The number of para-hydroxylation sites is 4. The molecule has 96 heavy (non-hydrogen) atoms. The Hall–Kier alpha value is -12.0. The van der Waals surface area contributed by atoms with Crippen LogP contribution >= 0.6 is 0 Å². The van der Waals surface area contributed by atoms with Crippen LogP contribution < -0.4 is 26.0 Å². The van der Waals surface area contributed by atoms with Gasteiger partial charge in [0.15, 0.2) is 0 Å². The van der Waals surface area contributed by atoms with Crippen molar-refractivity contribution in [2.75, 3.05) is 4.90 Å². The number of nitriles is 2. The van der Waals surface area contributed by atoms with E-state index in [-0.39, 0.29) is 17.5 Å². The summed E-state index contributed by atoms with van der Waals surface area (Å²) in [5.41, 5.74) is 25.8. The minimum absolute atomic E-state index is 0.0686. The first kappa shape index (κ1) is 56.7. The average Bonchev–Trinajstić information content (AvgIpc) is 0.787. The van der Waals surface area contributed by atoms with Crippen molar-refractivity contribution >= 4 is 101 Å². The molecule has 0 spiro atoms. The number of allylic oxidation sites excluding steroid dienone is 1. The first-order chi connectivity index (χ1) is 46.8. The van der Waals surface area contributed by atoms with Crippen molar-refractivity contribution in [2.24, 2.45) is 0 Å². The van der Waals surface area contributed by atoms with Gasteiger partial charge >= 0.3 is 0 Å². The summed E-state index contributed by atoms with van der Waals surface area (Å²) in [7, 11) is 0. The Morgan fingerprint density at radius 2 is 1.03 bits per heavy atom. The predicted octanol–water partition coefficient (Wildman–Crippen LogP) is 20.1. The molecule has 7 nitrogen and oxygen atoms in total. The second-order valence-corrected chi connectivity index (χ2v) is 28.0. The highest BCUT2D eigenvalue weighted by Gasteiger charge is 2.44. The molecule has 18 rings (SSSR count). The number of hydrogen-bond acceptors (Lipinski definition) is 4. The predicted molar refractivity (Wildman–Crippen MR) is 396 cm³/mol. The van der Waals surface area contributed by atoms with Crippen LogP contribution in [0.4, 0.5) is 17.1 Å². The second kappa shape index (κ2) is 21.3. The SMILES string of the molecule is CC(C)(C)c1ccc2c(c1)c1cc(C(C)(C)C)ccc1n2-c1ccc2c(c1)N(c1ccccc1-c1ccccc1)c1cc(-c3cc(C#N)ccc3-n3c4ccccc4c4ccccc43)cc3c1B2c1c#cc(-c2cc(C#N)ccc2-n2c4c(c5ccccc52)C=CCC4)cc1O3. The van der Waals surface area contributed by atoms with Gasteiger partial charge in [0.05, 0.1) is 67.9 Å². The van der Waals surface area contributed by atoms with Gasteiger partial charge < -0.3 is 23.3 Å². The minimum Gasteiger partial charge on any atom is -0.458 e. The van der Waals surface area contributed by atoms with Gasteiger partial charge in [-0.2, -0.15) is 10.5 Å². The molecule has 0 N–H and O–H groups in total. The van der Waals surface area contributed by atoms with Crippen LogP contribution in [-0.4, -0.2) is 20.4 Å². The summed E-state index contributed by atoms with van der Waals surface area (Å²) in [4.78, 5) is 2.47. The summed E-state index contributed by atoms with van der Waals surface area (Å²) in [5, 5.41) is 27.5. The molecule has 3 aromatic heterocycles. The van der Waals surface area contributed by atoms with E-state index in [4.69, 9.17) is 4.74 Å². The largest absolute Gasteiger partial charge is 0.458 e. The number of ether oxygens (including phenoxy) is 1. The number of rotatable bonds is 7. The third-order valence-corrected chi connectivity index (χ3v) is 20.3. The highest BCUT2D eigenvalue weighted by Crippen LogP contribution is 2.49. The Balaban J connectivity index is 0.930. The van der Waals surface area contributed by atoms with Gasteiger partial charge in [-0.05, 0) is 172 Å². The average molecular weight is 1230 g/mol. The second-order valence-electron chi connectivity index (χ2n) is 28.0. The molecule has 0 radical (unpaired) electrons. The maximum atomic E-state index is 10.9. The maximum Gasteiger partial charge on any atom is 0.266 e. The highest BCUT2D eigenvalue weighted by atomic mass is 16.5. The molecule has 0 saturated heterocycles. The van der Waals surface area contributed by atoms with Crippen molar-refractivity contribution < 1.29 is 4.74 Å². The summed E-state index contributed by atoms with van der Waals surface area (Å²) >= 11 is 0.